The fourth-order valence-corrected chi connectivity index (χ4v) is 3.30. The number of aryl methyl sites for hydroxylation is 2. The van der Waals surface area contributed by atoms with Crippen LogP contribution in [0.5, 0.6) is 0 Å². The Balaban J connectivity index is 1.87. The van der Waals surface area contributed by atoms with Gasteiger partial charge in [-0.2, -0.15) is 5.10 Å². The largest absolute Gasteiger partial charge is 0.290 e. The number of carbonyl (C=O) groups is 2. The van der Waals surface area contributed by atoms with Crippen molar-refractivity contribution < 1.29 is 9.59 Å². The molecule has 0 fully saturated rings. The summed E-state index contributed by atoms with van der Waals surface area (Å²) in [5, 5.41) is 5.17. The molecule has 0 bridgehead atoms. The van der Waals surface area contributed by atoms with Gasteiger partial charge in [-0.3, -0.25) is 25.2 Å². The molecule has 3 rings (SSSR count). The number of nitrogens with one attached hydrogen (secondary N) is 2. The number of benzene rings is 2. The Morgan fingerprint density at radius 3 is 2.37 bits per heavy atom. The molecule has 0 saturated heterocycles. The van der Waals surface area contributed by atoms with E-state index in [2.05, 4.69) is 22.9 Å². The summed E-state index contributed by atoms with van der Waals surface area (Å²) in [4.78, 5) is 38.1. The van der Waals surface area contributed by atoms with Crippen molar-refractivity contribution in [2.75, 3.05) is 0 Å². The summed E-state index contributed by atoms with van der Waals surface area (Å²) in [7, 11) is 0. The molecule has 0 saturated carbocycles. The second-order valence-corrected chi connectivity index (χ2v) is 7.29. The maximum Gasteiger partial charge on any atom is 0.290 e. The molecule has 7 heteroatoms. The Bertz CT molecular complexity index is 1150. The van der Waals surface area contributed by atoms with Gasteiger partial charge in [0.25, 0.3) is 17.4 Å². The van der Waals surface area contributed by atoms with E-state index in [1.54, 1.807) is 36.4 Å². The van der Waals surface area contributed by atoms with Gasteiger partial charge in [0.1, 0.15) is 0 Å². The van der Waals surface area contributed by atoms with Gasteiger partial charge in [-0.05, 0) is 43.5 Å². The minimum Gasteiger partial charge on any atom is -0.267 e. The molecule has 156 valence electrons. The third kappa shape index (κ3) is 4.40. The molecular weight excluding hydrogens is 380 g/mol. The van der Waals surface area contributed by atoms with Crippen LogP contribution in [-0.2, 0) is 6.54 Å². The van der Waals surface area contributed by atoms with Crippen LogP contribution in [0.4, 0.5) is 0 Å². The van der Waals surface area contributed by atoms with Crippen LogP contribution in [0.25, 0.3) is 10.8 Å². The second kappa shape index (κ2) is 9.35. The quantitative estimate of drug-likeness (QED) is 0.485. The van der Waals surface area contributed by atoms with E-state index in [1.807, 2.05) is 19.9 Å². The van der Waals surface area contributed by atoms with Crippen LogP contribution >= 0.6 is 0 Å². The minimum absolute atomic E-state index is 0.1000. The average Bonchev–Trinajstić information content (AvgIpc) is 2.75. The first-order chi connectivity index (χ1) is 14.4. The van der Waals surface area contributed by atoms with E-state index in [0.29, 0.717) is 22.9 Å². The highest BCUT2D eigenvalue weighted by molar-refractivity contribution is 6.06. The molecule has 2 N–H and O–H groups in total. The van der Waals surface area contributed by atoms with Gasteiger partial charge in [-0.15, -0.1) is 0 Å². The van der Waals surface area contributed by atoms with Crippen molar-refractivity contribution in [3.63, 3.8) is 0 Å². The fourth-order valence-electron chi connectivity index (χ4n) is 3.30. The predicted octanol–water partition coefficient (Wildman–Crippen LogP) is 3.28. The molecule has 2 aromatic carbocycles. The van der Waals surface area contributed by atoms with Crippen LogP contribution in [0, 0.1) is 13.8 Å². The molecule has 0 aliphatic heterocycles. The molecular formula is C23H26N4O3. The predicted molar refractivity (Wildman–Crippen MR) is 116 cm³/mol. The molecule has 1 heterocycles. The van der Waals surface area contributed by atoms with Gasteiger partial charge < -0.3 is 0 Å². The molecule has 0 aliphatic rings. The first-order valence-corrected chi connectivity index (χ1v) is 10.1. The number of amides is 2. The van der Waals surface area contributed by atoms with E-state index >= 15 is 0 Å². The Morgan fingerprint density at radius 2 is 1.63 bits per heavy atom. The van der Waals surface area contributed by atoms with Gasteiger partial charge in [0.05, 0.1) is 5.39 Å². The average molecular weight is 406 g/mol. The molecule has 3 aromatic rings. The molecule has 0 radical (unpaired) electrons. The van der Waals surface area contributed by atoms with Gasteiger partial charge in [-0.25, -0.2) is 4.68 Å². The summed E-state index contributed by atoms with van der Waals surface area (Å²) >= 11 is 0. The number of unbranched alkanes of at least 4 members (excludes halogenated alkanes) is 2. The first-order valence-electron chi connectivity index (χ1n) is 10.1. The summed E-state index contributed by atoms with van der Waals surface area (Å²) in [6.45, 7) is 6.29. The summed E-state index contributed by atoms with van der Waals surface area (Å²) < 4.78 is 1.33. The van der Waals surface area contributed by atoms with Crippen LogP contribution in [0.3, 0.4) is 0 Å². The van der Waals surface area contributed by atoms with Crippen molar-refractivity contribution in [3.05, 3.63) is 75.2 Å². The summed E-state index contributed by atoms with van der Waals surface area (Å²) in [5.74, 6) is -0.987. The van der Waals surface area contributed by atoms with Gasteiger partial charge in [0.15, 0.2) is 5.69 Å². The number of hydrogen-bond donors (Lipinski definition) is 2. The van der Waals surface area contributed by atoms with Crippen molar-refractivity contribution in [2.45, 2.75) is 46.6 Å². The van der Waals surface area contributed by atoms with E-state index in [0.717, 1.165) is 30.4 Å². The van der Waals surface area contributed by atoms with Gasteiger partial charge >= 0.3 is 0 Å². The highest BCUT2D eigenvalue weighted by Gasteiger charge is 2.18. The summed E-state index contributed by atoms with van der Waals surface area (Å²) in [6.07, 6.45) is 2.78. The summed E-state index contributed by atoms with van der Waals surface area (Å²) in [5.41, 5.74) is 7.08. The Labute approximate surface area is 175 Å². The lowest BCUT2D eigenvalue weighted by Crippen LogP contribution is -2.43. The van der Waals surface area contributed by atoms with Crippen LogP contribution in [-0.4, -0.2) is 21.6 Å². The van der Waals surface area contributed by atoms with Crippen LogP contribution < -0.4 is 16.4 Å². The zero-order valence-electron chi connectivity index (χ0n) is 17.5. The lowest BCUT2D eigenvalue weighted by molar-refractivity contribution is 0.0843. The van der Waals surface area contributed by atoms with Gasteiger partial charge in [0.2, 0.25) is 0 Å². The van der Waals surface area contributed by atoms with Crippen molar-refractivity contribution in [2.24, 2.45) is 0 Å². The van der Waals surface area contributed by atoms with Crippen molar-refractivity contribution in [1.29, 1.82) is 0 Å². The Kier molecular flexibility index (Phi) is 6.61. The normalized spacial score (nSPS) is 10.8. The minimum atomic E-state index is -0.575. The highest BCUT2D eigenvalue weighted by atomic mass is 16.2. The van der Waals surface area contributed by atoms with Crippen LogP contribution in [0.2, 0.25) is 0 Å². The molecule has 0 atom stereocenters. The zero-order chi connectivity index (χ0) is 21.7. The molecule has 0 aliphatic carbocycles. The third-order valence-electron chi connectivity index (χ3n) is 5.20. The first kappa shape index (κ1) is 21.2. The van der Waals surface area contributed by atoms with Crippen LogP contribution in [0.15, 0.2) is 47.3 Å². The molecule has 0 spiro atoms. The third-order valence-corrected chi connectivity index (χ3v) is 5.20. The maximum absolute atomic E-state index is 12.8. The summed E-state index contributed by atoms with van der Waals surface area (Å²) in [6, 6.07) is 12.3. The molecule has 0 unspecified atom stereocenters. The molecule has 1 aromatic heterocycles. The topological polar surface area (TPSA) is 93.1 Å². The zero-order valence-corrected chi connectivity index (χ0v) is 17.5. The monoisotopic (exact) mass is 406 g/mol. The number of fused-ring (bicyclic) bond motifs is 1. The molecule has 7 nitrogen and oxygen atoms in total. The smallest absolute Gasteiger partial charge is 0.267 e. The maximum atomic E-state index is 12.8. The van der Waals surface area contributed by atoms with Crippen LogP contribution in [0.1, 0.15) is 58.2 Å². The lowest BCUT2D eigenvalue weighted by atomic mass is 10.0. The second-order valence-electron chi connectivity index (χ2n) is 7.29. The molecule has 30 heavy (non-hydrogen) atoms. The Morgan fingerprint density at radius 1 is 0.933 bits per heavy atom. The number of nitrogens with zero attached hydrogens (tertiary/aromatic N) is 2. The van der Waals surface area contributed by atoms with E-state index in [-0.39, 0.29) is 11.3 Å². The van der Waals surface area contributed by atoms with Crippen molar-refractivity contribution >= 4 is 22.6 Å². The van der Waals surface area contributed by atoms with E-state index in [1.165, 1.54) is 4.68 Å². The van der Waals surface area contributed by atoms with Gasteiger partial charge in [0, 0.05) is 17.5 Å². The van der Waals surface area contributed by atoms with E-state index < -0.39 is 11.8 Å². The molecule has 2 amide bonds. The van der Waals surface area contributed by atoms with E-state index in [4.69, 9.17) is 0 Å². The SMILES string of the molecule is CCCCCn1nc(C(=O)NNC(=O)c2cccc(C)c2C)c2ccccc2c1=O. The lowest BCUT2D eigenvalue weighted by Gasteiger charge is -2.13. The van der Waals surface area contributed by atoms with Crippen molar-refractivity contribution in [1.82, 2.24) is 20.6 Å². The standard InChI is InChI=1S/C23H26N4O3/c1-4-5-8-14-27-23(30)19-12-7-6-11-18(19)20(26-27)22(29)25-24-21(28)17-13-9-10-15(2)16(17)3/h6-7,9-13H,4-5,8,14H2,1-3H3,(H,24,28)(H,25,29). The van der Waals surface area contributed by atoms with Gasteiger partial charge in [-0.1, -0.05) is 50.1 Å². The Hall–Kier alpha value is -3.48. The van der Waals surface area contributed by atoms with Crippen molar-refractivity contribution in [3.8, 4) is 0 Å². The number of hydrazine groups is 1. The number of carbonyl (C=O) groups excluding carboxylic acids is 2. The number of rotatable bonds is 6. The highest BCUT2D eigenvalue weighted by Crippen LogP contribution is 2.14. The number of hydrogen-bond acceptors (Lipinski definition) is 4. The van der Waals surface area contributed by atoms with E-state index in [9.17, 15) is 14.4 Å². The number of aromatic nitrogens is 2. The fraction of sp³-hybridized carbons (Fsp3) is 0.304.